The van der Waals surface area contributed by atoms with Crippen LogP contribution in [-0.4, -0.2) is 42.9 Å². The molecule has 1 aliphatic rings. The number of nitrogens with two attached hydrogens (primary N) is 1. The first-order chi connectivity index (χ1) is 13.0. The van der Waals surface area contributed by atoms with E-state index in [0.717, 1.165) is 18.5 Å². The number of carbonyl (C=O) groups is 2. The number of piperidine rings is 1. The molecule has 5 nitrogen and oxygen atoms in total. The number of rotatable bonds is 4. The number of para-hydroxylation sites is 1. The minimum atomic E-state index is -0.133. The smallest absolute Gasteiger partial charge is 0.258 e. The molecule has 3 rings (SSSR count). The van der Waals surface area contributed by atoms with Crippen LogP contribution in [-0.2, 0) is 0 Å². The van der Waals surface area contributed by atoms with Gasteiger partial charge in [0, 0.05) is 43.0 Å². The van der Waals surface area contributed by atoms with E-state index in [9.17, 15) is 9.59 Å². The largest absolute Gasteiger partial charge is 0.339 e. The molecule has 2 aromatic rings. The summed E-state index contributed by atoms with van der Waals surface area (Å²) in [6.07, 6.45) is 1.86. The molecule has 1 aliphatic heterocycles. The molecule has 0 aromatic heterocycles. The van der Waals surface area contributed by atoms with Gasteiger partial charge in [-0.2, -0.15) is 0 Å². The van der Waals surface area contributed by atoms with Gasteiger partial charge in [-0.3, -0.25) is 9.59 Å². The van der Waals surface area contributed by atoms with Gasteiger partial charge in [0.25, 0.3) is 11.8 Å². The van der Waals surface area contributed by atoms with E-state index in [2.05, 4.69) is 0 Å². The van der Waals surface area contributed by atoms with Crippen molar-refractivity contribution in [3.63, 3.8) is 0 Å². The number of benzene rings is 2. The normalized spacial score (nSPS) is 15.5. The van der Waals surface area contributed by atoms with Crippen molar-refractivity contribution in [2.45, 2.75) is 25.8 Å². The fraction of sp³-hybridized carbons (Fsp3) is 0.364. The van der Waals surface area contributed by atoms with Gasteiger partial charge in [0.2, 0.25) is 0 Å². The van der Waals surface area contributed by atoms with Crippen LogP contribution in [0.5, 0.6) is 0 Å². The third-order valence-electron chi connectivity index (χ3n) is 5.37. The van der Waals surface area contributed by atoms with E-state index in [4.69, 9.17) is 5.73 Å². The summed E-state index contributed by atoms with van der Waals surface area (Å²) in [6, 6.07) is 16.6. The molecule has 1 fully saturated rings. The van der Waals surface area contributed by atoms with Crippen LogP contribution in [0.2, 0.25) is 0 Å². The van der Waals surface area contributed by atoms with Crippen LogP contribution < -0.4 is 10.6 Å². The van der Waals surface area contributed by atoms with Gasteiger partial charge < -0.3 is 15.5 Å². The molecule has 6 heteroatoms. The average molecular weight is 402 g/mol. The molecule has 1 heterocycles. The first-order valence-electron chi connectivity index (χ1n) is 9.45. The summed E-state index contributed by atoms with van der Waals surface area (Å²) in [4.78, 5) is 29.1. The third-order valence-corrected chi connectivity index (χ3v) is 5.37. The Kier molecular flexibility index (Phi) is 7.61. The lowest BCUT2D eigenvalue weighted by atomic mass is 9.90. The van der Waals surface area contributed by atoms with Crippen molar-refractivity contribution in [1.29, 1.82) is 0 Å². The molecule has 1 saturated heterocycles. The zero-order valence-electron chi connectivity index (χ0n) is 16.4. The number of carbonyl (C=O) groups excluding carboxylic acids is 2. The van der Waals surface area contributed by atoms with E-state index in [-0.39, 0.29) is 30.3 Å². The molecule has 1 unspecified atom stereocenters. The molecule has 0 saturated carbocycles. The maximum absolute atomic E-state index is 12.9. The summed E-state index contributed by atoms with van der Waals surface area (Å²) in [5.74, 6) is 0.322. The first kappa shape index (κ1) is 21.9. The number of halogens is 1. The maximum atomic E-state index is 12.9. The molecule has 28 heavy (non-hydrogen) atoms. The zero-order chi connectivity index (χ0) is 19.4. The van der Waals surface area contributed by atoms with E-state index < -0.39 is 0 Å². The Hall–Kier alpha value is -2.37. The Bertz CT molecular complexity index is 802. The summed E-state index contributed by atoms with van der Waals surface area (Å²) in [6.45, 7) is 3.46. The second-order valence-corrected chi connectivity index (χ2v) is 7.27. The fourth-order valence-corrected chi connectivity index (χ4v) is 3.56. The Morgan fingerprint density at radius 3 is 2.25 bits per heavy atom. The number of amides is 2. The Labute approximate surface area is 172 Å². The zero-order valence-corrected chi connectivity index (χ0v) is 17.2. The predicted octanol–water partition coefficient (Wildman–Crippen LogP) is 3.58. The second kappa shape index (κ2) is 9.71. The van der Waals surface area contributed by atoms with Crippen molar-refractivity contribution < 1.29 is 9.59 Å². The molecular formula is C22H28ClN3O2. The first-order valence-corrected chi connectivity index (χ1v) is 9.45. The number of likely N-dealkylation sites (tertiary alicyclic amines) is 1. The quantitative estimate of drug-likeness (QED) is 0.851. The summed E-state index contributed by atoms with van der Waals surface area (Å²) >= 11 is 0. The minimum Gasteiger partial charge on any atom is -0.339 e. The summed E-state index contributed by atoms with van der Waals surface area (Å²) < 4.78 is 0. The standard InChI is InChI=1S/C22H27N3O2.ClH/c1-16(23)17-11-13-25(14-12-17)22(27)19-8-6-7-18(15-19)21(26)24(2)20-9-4-3-5-10-20;/h3-10,15-17H,11-14,23H2,1-2H3;1H. The van der Waals surface area contributed by atoms with Crippen molar-refractivity contribution in [1.82, 2.24) is 4.90 Å². The van der Waals surface area contributed by atoms with Crippen LogP contribution >= 0.6 is 12.4 Å². The van der Waals surface area contributed by atoms with Gasteiger partial charge >= 0.3 is 0 Å². The second-order valence-electron chi connectivity index (χ2n) is 7.27. The lowest BCUT2D eigenvalue weighted by Crippen LogP contribution is -2.42. The van der Waals surface area contributed by atoms with E-state index in [1.807, 2.05) is 42.2 Å². The van der Waals surface area contributed by atoms with Crippen molar-refractivity contribution in [3.05, 3.63) is 65.7 Å². The van der Waals surface area contributed by atoms with Gasteiger partial charge in [0.1, 0.15) is 0 Å². The number of hydrogen-bond acceptors (Lipinski definition) is 3. The molecule has 0 spiro atoms. The van der Waals surface area contributed by atoms with Gasteiger partial charge in [-0.25, -0.2) is 0 Å². The highest BCUT2D eigenvalue weighted by molar-refractivity contribution is 6.07. The molecule has 0 radical (unpaired) electrons. The van der Waals surface area contributed by atoms with Gasteiger partial charge in [-0.1, -0.05) is 24.3 Å². The number of hydrogen-bond donors (Lipinski definition) is 1. The fourth-order valence-electron chi connectivity index (χ4n) is 3.56. The summed E-state index contributed by atoms with van der Waals surface area (Å²) in [5, 5.41) is 0. The monoisotopic (exact) mass is 401 g/mol. The van der Waals surface area contributed by atoms with Crippen LogP contribution in [0.15, 0.2) is 54.6 Å². The summed E-state index contributed by atoms with van der Waals surface area (Å²) in [7, 11) is 1.74. The molecule has 2 aromatic carbocycles. The molecule has 0 bridgehead atoms. The molecule has 2 N–H and O–H groups in total. The van der Waals surface area contributed by atoms with Crippen molar-refractivity contribution >= 4 is 29.9 Å². The number of nitrogens with zero attached hydrogens (tertiary/aromatic N) is 2. The highest BCUT2D eigenvalue weighted by atomic mass is 35.5. The maximum Gasteiger partial charge on any atom is 0.258 e. The van der Waals surface area contributed by atoms with E-state index >= 15 is 0 Å². The van der Waals surface area contributed by atoms with Gasteiger partial charge in [0.05, 0.1) is 0 Å². The van der Waals surface area contributed by atoms with E-state index in [1.165, 1.54) is 0 Å². The van der Waals surface area contributed by atoms with Gasteiger partial charge in [-0.05, 0) is 56.0 Å². The van der Waals surface area contributed by atoms with Crippen LogP contribution in [0.25, 0.3) is 0 Å². The van der Waals surface area contributed by atoms with Crippen molar-refractivity contribution in [3.8, 4) is 0 Å². The van der Waals surface area contributed by atoms with Crippen molar-refractivity contribution in [2.75, 3.05) is 25.0 Å². The highest BCUT2D eigenvalue weighted by Crippen LogP contribution is 2.22. The van der Waals surface area contributed by atoms with Crippen molar-refractivity contribution in [2.24, 2.45) is 11.7 Å². The van der Waals surface area contributed by atoms with Crippen LogP contribution in [0.1, 0.15) is 40.5 Å². The van der Waals surface area contributed by atoms with Gasteiger partial charge in [-0.15, -0.1) is 12.4 Å². The Morgan fingerprint density at radius 2 is 1.64 bits per heavy atom. The lowest BCUT2D eigenvalue weighted by molar-refractivity contribution is 0.0681. The van der Waals surface area contributed by atoms with E-state index in [1.54, 1.807) is 36.2 Å². The minimum absolute atomic E-state index is 0. The Morgan fingerprint density at radius 1 is 1.04 bits per heavy atom. The topological polar surface area (TPSA) is 66.6 Å². The average Bonchev–Trinajstić information content (AvgIpc) is 2.73. The Balaban J connectivity index is 0.00000280. The van der Waals surface area contributed by atoms with Crippen LogP contribution in [0.3, 0.4) is 0 Å². The highest BCUT2D eigenvalue weighted by Gasteiger charge is 2.26. The number of anilines is 1. The molecule has 1 atom stereocenters. The van der Waals surface area contributed by atoms with Crippen LogP contribution in [0.4, 0.5) is 5.69 Å². The predicted molar refractivity (Wildman–Crippen MR) is 115 cm³/mol. The molecule has 0 aliphatic carbocycles. The van der Waals surface area contributed by atoms with Crippen LogP contribution in [0, 0.1) is 5.92 Å². The third kappa shape index (κ3) is 4.91. The van der Waals surface area contributed by atoms with Gasteiger partial charge in [0.15, 0.2) is 0 Å². The molecular weight excluding hydrogens is 374 g/mol. The lowest BCUT2D eigenvalue weighted by Gasteiger charge is -2.33. The SMILES string of the molecule is CC(N)C1CCN(C(=O)c2cccc(C(=O)N(C)c3ccccc3)c2)CC1.Cl. The molecule has 2 amide bonds. The molecule has 150 valence electrons. The summed E-state index contributed by atoms with van der Waals surface area (Å²) in [5.41, 5.74) is 7.87. The van der Waals surface area contributed by atoms with E-state index in [0.29, 0.717) is 30.1 Å².